The molecule has 0 saturated carbocycles. The van der Waals surface area contributed by atoms with Crippen molar-refractivity contribution in [1.29, 1.82) is 0 Å². The summed E-state index contributed by atoms with van der Waals surface area (Å²) >= 11 is 3.59. The van der Waals surface area contributed by atoms with Gasteiger partial charge in [-0.3, -0.25) is 0 Å². The molecular weight excluding hydrogens is 470 g/mol. The first-order valence-corrected chi connectivity index (χ1v) is 11.8. The van der Waals surface area contributed by atoms with Gasteiger partial charge < -0.3 is 8.98 Å². The maximum atomic E-state index is 6.05. The zero-order valence-electron chi connectivity index (χ0n) is 17.6. The van der Waals surface area contributed by atoms with Crippen LogP contribution in [0.3, 0.4) is 0 Å². The predicted octanol–water partition coefficient (Wildman–Crippen LogP) is 9.11. The number of aromatic nitrogens is 1. The molecule has 5 aromatic carbocycles. The molecule has 0 aliphatic carbocycles. The minimum atomic E-state index is 0.907. The molecule has 0 fully saturated rings. The van der Waals surface area contributed by atoms with Crippen LogP contribution in [0.5, 0.6) is 0 Å². The van der Waals surface area contributed by atoms with Crippen LogP contribution in [-0.4, -0.2) is 4.57 Å². The molecular formula is C30H18BrNO. The fourth-order valence-electron chi connectivity index (χ4n) is 4.95. The van der Waals surface area contributed by atoms with Gasteiger partial charge in [-0.05, 0) is 65.7 Å². The van der Waals surface area contributed by atoms with Gasteiger partial charge >= 0.3 is 0 Å². The van der Waals surface area contributed by atoms with Crippen molar-refractivity contribution in [3.63, 3.8) is 0 Å². The predicted molar refractivity (Wildman–Crippen MR) is 141 cm³/mol. The van der Waals surface area contributed by atoms with E-state index in [-0.39, 0.29) is 0 Å². The summed E-state index contributed by atoms with van der Waals surface area (Å²) < 4.78 is 9.46. The van der Waals surface area contributed by atoms with Gasteiger partial charge in [-0.2, -0.15) is 0 Å². The van der Waals surface area contributed by atoms with E-state index < -0.39 is 0 Å². The van der Waals surface area contributed by atoms with Gasteiger partial charge in [0.1, 0.15) is 11.2 Å². The second-order valence-electron chi connectivity index (χ2n) is 8.37. The van der Waals surface area contributed by atoms with Crippen LogP contribution in [0.4, 0.5) is 0 Å². The quantitative estimate of drug-likeness (QED) is 0.237. The van der Waals surface area contributed by atoms with E-state index in [0.29, 0.717) is 0 Å². The standard InChI is InChI=1S/C30H18BrNO/c31-21-13-15-30-26(18-21)25-17-20(12-14-29(25)33-30)19-6-5-7-22(16-19)32-27-10-3-1-8-23(27)24-9-2-4-11-28(24)32/h1-18H. The topological polar surface area (TPSA) is 18.1 Å². The third-order valence-corrected chi connectivity index (χ3v) is 6.94. The number of para-hydroxylation sites is 2. The Hall–Kier alpha value is -3.82. The molecule has 0 saturated heterocycles. The van der Waals surface area contributed by atoms with Crippen molar-refractivity contribution >= 4 is 59.7 Å². The van der Waals surface area contributed by atoms with E-state index in [1.807, 2.05) is 12.1 Å². The van der Waals surface area contributed by atoms with Crippen LogP contribution >= 0.6 is 15.9 Å². The van der Waals surface area contributed by atoms with Crippen LogP contribution in [0.15, 0.2) is 118 Å². The van der Waals surface area contributed by atoms with E-state index in [1.54, 1.807) is 0 Å². The first kappa shape index (κ1) is 18.7. The van der Waals surface area contributed by atoms with Gasteiger partial charge in [0, 0.05) is 31.7 Å². The normalized spacial score (nSPS) is 11.8. The summed E-state index contributed by atoms with van der Waals surface area (Å²) in [5, 5.41) is 4.80. The number of rotatable bonds is 2. The lowest BCUT2D eigenvalue weighted by atomic mass is 10.0. The molecule has 0 amide bonds. The summed E-state index contributed by atoms with van der Waals surface area (Å²) in [7, 11) is 0. The molecule has 0 aliphatic rings. The van der Waals surface area contributed by atoms with Crippen molar-refractivity contribution in [3.8, 4) is 16.8 Å². The molecule has 0 spiro atoms. The highest BCUT2D eigenvalue weighted by molar-refractivity contribution is 9.10. The highest BCUT2D eigenvalue weighted by Crippen LogP contribution is 2.36. The van der Waals surface area contributed by atoms with Crippen molar-refractivity contribution in [2.45, 2.75) is 0 Å². The van der Waals surface area contributed by atoms with Crippen LogP contribution in [0.2, 0.25) is 0 Å². The van der Waals surface area contributed by atoms with E-state index in [2.05, 4.69) is 118 Å². The minimum absolute atomic E-state index is 0.907. The zero-order chi connectivity index (χ0) is 21.9. The van der Waals surface area contributed by atoms with Crippen molar-refractivity contribution in [2.24, 2.45) is 0 Å². The van der Waals surface area contributed by atoms with Crippen LogP contribution in [-0.2, 0) is 0 Å². The lowest BCUT2D eigenvalue weighted by molar-refractivity contribution is 0.669. The molecule has 0 bridgehead atoms. The summed E-state index contributed by atoms with van der Waals surface area (Å²) in [6, 6.07) is 38.6. The van der Waals surface area contributed by atoms with E-state index >= 15 is 0 Å². The summed E-state index contributed by atoms with van der Waals surface area (Å²) in [6.45, 7) is 0. The number of nitrogens with zero attached hydrogens (tertiary/aromatic N) is 1. The third kappa shape index (κ3) is 2.86. The van der Waals surface area contributed by atoms with Gasteiger partial charge in [0.25, 0.3) is 0 Å². The SMILES string of the molecule is Brc1ccc2oc3ccc(-c4cccc(-n5c6ccccc6c6ccccc65)c4)cc3c2c1. The Morgan fingerprint density at radius 3 is 1.91 bits per heavy atom. The van der Waals surface area contributed by atoms with E-state index in [4.69, 9.17) is 4.42 Å². The Morgan fingerprint density at radius 1 is 0.515 bits per heavy atom. The van der Waals surface area contributed by atoms with Gasteiger partial charge in [0.05, 0.1) is 11.0 Å². The van der Waals surface area contributed by atoms with Gasteiger partial charge in [-0.15, -0.1) is 0 Å². The van der Waals surface area contributed by atoms with Crippen LogP contribution < -0.4 is 0 Å². The highest BCUT2D eigenvalue weighted by Gasteiger charge is 2.13. The van der Waals surface area contributed by atoms with Crippen LogP contribution in [0.25, 0.3) is 60.6 Å². The monoisotopic (exact) mass is 487 g/mol. The second-order valence-corrected chi connectivity index (χ2v) is 9.29. The smallest absolute Gasteiger partial charge is 0.135 e. The number of fused-ring (bicyclic) bond motifs is 6. The first-order valence-electron chi connectivity index (χ1n) is 11.0. The van der Waals surface area contributed by atoms with E-state index in [9.17, 15) is 0 Å². The minimum Gasteiger partial charge on any atom is -0.456 e. The van der Waals surface area contributed by atoms with Crippen molar-refractivity contribution in [3.05, 3.63) is 114 Å². The fraction of sp³-hybridized carbons (Fsp3) is 0. The van der Waals surface area contributed by atoms with Crippen LogP contribution in [0.1, 0.15) is 0 Å². The summed E-state index contributed by atoms with van der Waals surface area (Å²) in [5.74, 6) is 0. The fourth-order valence-corrected chi connectivity index (χ4v) is 5.32. The van der Waals surface area contributed by atoms with Gasteiger partial charge in [-0.25, -0.2) is 0 Å². The molecule has 0 atom stereocenters. The van der Waals surface area contributed by atoms with Crippen LogP contribution in [0, 0.1) is 0 Å². The molecule has 0 unspecified atom stereocenters. The molecule has 0 aliphatic heterocycles. The Balaban J connectivity index is 1.45. The maximum absolute atomic E-state index is 6.05. The van der Waals surface area contributed by atoms with Gasteiger partial charge in [-0.1, -0.05) is 70.5 Å². The maximum Gasteiger partial charge on any atom is 0.135 e. The average molecular weight is 488 g/mol. The molecule has 7 aromatic rings. The summed E-state index contributed by atoms with van der Waals surface area (Å²) in [4.78, 5) is 0. The molecule has 7 rings (SSSR count). The van der Waals surface area contributed by atoms with E-state index in [0.717, 1.165) is 32.1 Å². The lowest BCUT2D eigenvalue weighted by Crippen LogP contribution is -1.94. The largest absolute Gasteiger partial charge is 0.456 e. The van der Waals surface area contributed by atoms with Gasteiger partial charge in [0.15, 0.2) is 0 Å². The number of hydrogen-bond acceptors (Lipinski definition) is 1. The van der Waals surface area contributed by atoms with Gasteiger partial charge in [0.2, 0.25) is 0 Å². The van der Waals surface area contributed by atoms with E-state index in [1.165, 1.54) is 32.9 Å². The average Bonchev–Trinajstić information content (AvgIpc) is 3.39. The number of halogens is 1. The zero-order valence-corrected chi connectivity index (χ0v) is 19.2. The Morgan fingerprint density at radius 2 is 1.15 bits per heavy atom. The van der Waals surface area contributed by atoms with Crippen molar-refractivity contribution in [1.82, 2.24) is 4.57 Å². The number of hydrogen-bond donors (Lipinski definition) is 0. The Kier molecular flexibility index (Phi) is 4.02. The second kappa shape index (κ2) is 7.09. The Bertz CT molecular complexity index is 1790. The molecule has 33 heavy (non-hydrogen) atoms. The molecule has 156 valence electrons. The highest BCUT2D eigenvalue weighted by atomic mass is 79.9. The molecule has 2 aromatic heterocycles. The summed E-state index contributed by atoms with van der Waals surface area (Å²) in [5.41, 5.74) is 7.77. The summed E-state index contributed by atoms with van der Waals surface area (Å²) in [6.07, 6.45) is 0. The molecule has 2 heterocycles. The van der Waals surface area contributed by atoms with Crippen molar-refractivity contribution < 1.29 is 4.42 Å². The number of benzene rings is 5. The molecule has 0 N–H and O–H groups in total. The lowest BCUT2D eigenvalue weighted by Gasteiger charge is -2.10. The molecule has 2 nitrogen and oxygen atoms in total. The molecule has 0 radical (unpaired) electrons. The van der Waals surface area contributed by atoms with Crippen molar-refractivity contribution in [2.75, 3.05) is 0 Å². The molecule has 3 heteroatoms. The Labute approximate surface area is 198 Å². The first-order chi connectivity index (χ1) is 16.3. The number of furan rings is 1. The third-order valence-electron chi connectivity index (χ3n) is 6.45.